The zero-order chi connectivity index (χ0) is 34.3. The number of hydrogen-bond donors (Lipinski definition) is 4. The molecular weight excluding hydrogens is 602 g/mol. The normalized spacial score (nSPS) is 21.6. The van der Waals surface area contributed by atoms with Crippen LogP contribution in [0.1, 0.15) is 77.7 Å². The lowest BCUT2D eigenvalue weighted by Crippen LogP contribution is -2.61. The van der Waals surface area contributed by atoms with Gasteiger partial charge in [-0.05, 0) is 54.4 Å². The Labute approximate surface area is 276 Å². The second-order valence-corrected chi connectivity index (χ2v) is 14.2. The molecule has 4 rings (SSSR count). The van der Waals surface area contributed by atoms with Gasteiger partial charge >= 0.3 is 12.0 Å². The zero-order valence-electron chi connectivity index (χ0n) is 27.7. The van der Waals surface area contributed by atoms with Crippen molar-refractivity contribution in [2.24, 2.45) is 28.9 Å². The van der Waals surface area contributed by atoms with Crippen molar-refractivity contribution in [3.8, 4) is 0 Å². The van der Waals surface area contributed by atoms with Crippen LogP contribution in [0.3, 0.4) is 0 Å². The highest BCUT2D eigenvalue weighted by Gasteiger charge is 2.46. The molecule has 0 aromatic heterocycles. The van der Waals surface area contributed by atoms with Gasteiger partial charge in [-0.3, -0.25) is 19.2 Å². The summed E-state index contributed by atoms with van der Waals surface area (Å²) in [5.74, 6) is -3.66. The molecule has 3 aliphatic rings. The number of nitrogens with zero attached hydrogens (tertiary/aromatic N) is 1. The van der Waals surface area contributed by atoms with Gasteiger partial charge in [0, 0.05) is 6.54 Å². The molecule has 3 fully saturated rings. The van der Waals surface area contributed by atoms with E-state index in [9.17, 15) is 28.8 Å². The maximum absolute atomic E-state index is 14.2. The molecular formula is C35H49N5O7. The summed E-state index contributed by atoms with van der Waals surface area (Å²) in [5.41, 5.74) is 5.33. The number of urea groups is 1. The van der Waals surface area contributed by atoms with Crippen LogP contribution in [0.15, 0.2) is 43.0 Å². The molecule has 2 aliphatic carbocycles. The van der Waals surface area contributed by atoms with Crippen LogP contribution in [0.4, 0.5) is 4.79 Å². The van der Waals surface area contributed by atoms with E-state index in [1.807, 2.05) is 30.3 Å². The number of Topliss-reactive ketones (excluding diaryl/α,β-unsaturated/α-hetero) is 1. The van der Waals surface area contributed by atoms with Crippen LogP contribution in [0.5, 0.6) is 0 Å². The van der Waals surface area contributed by atoms with Gasteiger partial charge in [0.25, 0.3) is 5.91 Å². The van der Waals surface area contributed by atoms with Crippen LogP contribution in [0.2, 0.25) is 0 Å². The third-order valence-corrected chi connectivity index (χ3v) is 9.70. The van der Waals surface area contributed by atoms with Gasteiger partial charge in [0.15, 0.2) is 0 Å². The molecule has 47 heavy (non-hydrogen) atoms. The molecule has 1 saturated heterocycles. The molecule has 0 spiro atoms. The van der Waals surface area contributed by atoms with E-state index in [1.165, 1.54) is 4.90 Å². The van der Waals surface area contributed by atoms with Gasteiger partial charge in [0.05, 0.1) is 6.04 Å². The fourth-order valence-electron chi connectivity index (χ4n) is 6.35. The molecule has 1 aromatic rings. The molecule has 12 nitrogen and oxygen atoms in total. The van der Waals surface area contributed by atoms with E-state index in [-0.39, 0.29) is 37.3 Å². The van der Waals surface area contributed by atoms with E-state index in [0.717, 1.165) is 44.1 Å². The molecule has 2 saturated carbocycles. The van der Waals surface area contributed by atoms with E-state index in [4.69, 9.17) is 10.5 Å². The maximum Gasteiger partial charge on any atom is 0.329 e. The van der Waals surface area contributed by atoms with Crippen molar-refractivity contribution < 1.29 is 33.5 Å². The largest absolute Gasteiger partial charge is 0.459 e. The van der Waals surface area contributed by atoms with E-state index in [2.05, 4.69) is 22.5 Å². The lowest BCUT2D eigenvalue weighted by atomic mass is 9.79. The summed E-state index contributed by atoms with van der Waals surface area (Å²) in [4.78, 5) is 80.2. The van der Waals surface area contributed by atoms with Crippen LogP contribution < -0.4 is 21.7 Å². The van der Waals surface area contributed by atoms with Crippen LogP contribution in [0, 0.1) is 23.2 Å². The third-order valence-electron chi connectivity index (χ3n) is 9.70. The number of ketones is 1. The Balaban J connectivity index is 1.46. The lowest BCUT2D eigenvalue weighted by molar-refractivity contribution is -0.149. The summed E-state index contributed by atoms with van der Waals surface area (Å²) in [6.07, 6.45) is 7.54. The third kappa shape index (κ3) is 9.20. The number of esters is 1. The first-order chi connectivity index (χ1) is 22.3. The molecule has 1 aliphatic heterocycles. The Morgan fingerprint density at radius 3 is 2.19 bits per heavy atom. The van der Waals surface area contributed by atoms with Gasteiger partial charge in [-0.15, -0.1) is 6.58 Å². The number of rotatable bonds is 14. The number of primary amides is 1. The topological polar surface area (TPSA) is 177 Å². The standard InChI is InChI=1S/C35H49N5O7/c1-5-21-18-26(31(43)37-25(28(41)30(36)42)17-22-13-9-14-22)40(19-21)32(44)29(35(2,3)4)39-34(46)38-27(24-15-10-16-24)33(45)47-20-23-11-7-6-8-12-23/h5-8,11-12,21-22,24-27,29H,1,9-10,13-20H2,2-4H3,(H2,36,42)(H,37,43)(H2,38,39,46)/t21-,25?,26+,27+,29-/m1/s1. The maximum atomic E-state index is 14.2. The number of nitrogens with one attached hydrogen (secondary N) is 3. The molecule has 5 atom stereocenters. The average molecular weight is 652 g/mol. The highest BCUT2D eigenvalue weighted by molar-refractivity contribution is 6.37. The lowest BCUT2D eigenvalue weighted by Gasteiger charge is -2.37. The van der Waals surface area contributed by atoms with Crippen molar-refractivity contribution in [3.05, 3.63) is 48.6 Å². The van der Waals surface area contributed by atoms with Crippen LogP contribution in [-0.2, 0) is 35.3 Å². The number of likely N-dealkylation sites (tertiary alicyclic amines) is 1. The molecule has 1 unspecified atom stereocenters. The van der Waals surface area contributed by atoms with Crippen molar-refractivity contribution in [2.75, 3.05) is 6.54 Å². The highest BCUT2D eigenvalue weighted by Crippen LogP contribution is 2.33. The summed E-state index contributed by atoms with van der Waals surface area (Å²) in [6.45, 7) is 9.49. The summed E-state index contributed by atoms with van der Waals surface area (Å²) < 4.78 is 5.55. The Morgan fingerprint density at radius 2 is 1.66 bits per heavy atom. The first kappa shape index (κ1) is 35.6. The fraction of sp³-hybridized carbons (Fsp3) is 0.600. The van der Waals surface area contributed by atoms with E-state index in [1.54, 1.807) is 26.8 Å². The molecule has 1 aromatic carbocycles. The van der Waals surface area contributed by atoms with Crippen molar-refractivity contribution in [2.45, 2.75) is 103 Å². The molecule has 0 bridgehead atoms. The van der Waals surface area contributed by atoms with Gasteiger partial charge in [-0.1, -0.05) is 82.9 Å². The summed E-state index contributed by atoms with van der Waals surface area (Å²) in [5, 5.41) is 8.25. The van der Waals surface area contributed by atoms with Crippen molar-refractivity contribution in [1.82, 2.24) is 20.9 Å². The predicted molar refractivity (Wildman–Crippen MR) is 174 cm³/mol. The van der Waals surface area contributed by atoms with Gasteiger partial charge in [-0.2, -0.15) is 0 Å². The Kier molecular flexibility index (Phi) is 11.8. The molecule has 5 N–H and O–H groups in total. The first-order valence-corrected chi connectivity index (χ1v) is 16.6. The summed E-state index contributed by atoms with van der Waals surface area (Å²) >= 11 is 0. The predicted octanol–water partition coefficient (Wildman–Crippen LogP) is 2.74. The Hall–Kier alpha value is -4.22. The smallest absolute Gasteiger partial charge is 0.329 e. The molecule has 0 radical (unpaired) electrons. The van der Waals surface area contributed by atoms with E-state index >= 15 is 0 Å². The van der Waals surface area contributed by atoms with Crippen molar-refractivity contribution in [1.29, 1.82) is 0 Å². The monoisotopic (exact) mass is 651 g/mol. The Morgan fingerprint density at radius 1 is 1.00 bits per heavy atom. The second-order valence-electron chi connectivity index (χ2n) is 14.2. The van der Waals surface area contributed by atoms with Crippen molar-refractivity contribution in [3.63, 3.8) is 0 Å². The summed E-state index contributed by atoms with van der Waals surface area (Å²) in [7, 11) is 0. The van der Waals surface area contributed by atoms with Gasteiger partial charge in [-0.25, -0.2) is 9.59 Å². The molecule has 12 heteroatoms. The minimum Gasteiger partial charge on any atom is -0.459 e. The first-order valence-electron chi connectivity index (χ1n) is 16.6. The fourth-order valence-corrected chi connectivity index (χ4v) is 6.35. The van der Waals surface area contributed by atoms with Crippen LogP contribution >= 0.6 is 0 Å². The zero-order valence-corrected chi connectivity index (χ0v) is 27.7. The number of benzene rings is 1. The van der Waals surface area contributed by atoms with Crippen LogP contribution in [-0.4, -0.2) is 71.1 Å². The average Bonchev–Trinajstić information content (AvgIpc) is 3.42. The Bertz CT molecular complexity index is 1340. The SMILES string of the molecule is C=C[C@@H]1C[C@@H](C(=O)NC(CC2CCC2)C(=O)C(N)=O)N(C(=O)[C@@H](NC(=O)N[C@H](C(=O)OCc2ccccc2)C2CCC2)C(C)(C)C)C1. The van der Waals surface area contributed by atoms with Gasteiger partial charge < -0.3 is 31.3 Å². The number of hydrogen-bond acceptors (Lipinski definition) is 7. The van der Waals surface area contributed by atoms with Gasteiger partial charge in [0.1, 0.15) is 24.7 Å². The molecule has 1 heterocycles. The highest BCUT2D eigenvalue weighted by atomic mass is 16.5. The molecule has 256 valence electrons. The number of amides is 5. The van der Waals surface area contributed by atoms with E-state index < -0.39 is 65.1 Å². The van der Waals surface area contributed by atoms with Gasteiger partial charge in [0.2, 0.25) is 17.6 Å². The number of ether oxygens (including phenoxy) is 1. The summed E-state index contributed by atoms with van der Waals surface area (Å²) in [6, 6.07) is 4.59. The number of carbonyl (C=O) groups excluding carboxylic acids is 6. The minimum atomic E-state index is -1.12. The minimum absolute atomic E-state index is 0.0741. The van der Waals surface area contributed by atoms with E-state index in [0.29, 0.717) is 6.42 Å². The van der Waals surface area contributed by atoms with Crippen molar-refractivity contribution >= 4 is 35.5 Å². The molecule has 5 amide bonds. The number of nitrogens with two attached hydrogens (primary N) is 1. The second kappa shape index (κ2) is 15.6. The quantitative estimate of drug-likeness (QED) is 0.136. The number of carbonyl (C=O) groups is 6. The van der Waals surface area contributed by atoms with Crippen LogP contribution in [0.25, 0.3) is 0 Å².